The summed E-state index contributed by atoms with van der Waals surface area (Å²) in [7, 11) is 0. The normalized spacial score (nSPS) is 17.9. The Morgan fingerprint density at radius 2 is 2.25 bits per heavy atom. The van der Waals surface area contributed by atoms with Crippen molar-refractivity contribution in [3.63, 3.8) is 0 Å². The molecule has 3 N–H and O–H groups in total. The Balaban J connectivity index is 1.21. The number of aromatic nitrogens is 3. The second-order valence-corrected chi connectivity index (χ2v) is 7.14. The number of hydrogen-bond acceptors (Lipinski definition) is 6. The van der Waals surface area contributed by atoms with Gasteiger partial charge in [0.1, 0.15) is 17.8 Å². The van der Waals surface area contributed by atoms with Crippen LogP contribution in [0.5, 0.6) is 0 Å². The molecule has 8 heteroatoms. The third-order valence-electron chi connectivity index (χ3n) is 5.27. The number of aromatic amines is 1. The van der Waals surface area contributed by atoms with E-state index in [1.165, 1.54) is 0 Å². The molecule has 0 radical (unpaired) electrons. The molecule has 1 amide bonds. The molecule has 1 fully saturated rings. The topological polar surface area (TPSA) is 98.3 Å². The van der Waals surface area contributed by atoms with Gasteiger partial charge in [-0.1, -0.05) is 6.07 Å². The monoisotopic (exact) mass is 375 g/mol. The minimum absolute atomic E-state index is 0.00445. The molecule has 2 aliphatic heterocycles. The number of anilines is 2. The lowest BCUT2D eigenvalue weighted by Gasteiger charge is -2.34. The highest BCUT2D eigenvalue weighted by Gasteiger charge is 2.23. The summed E-state index contributed by atoms with van der Waals surface area (Å²) in [5, 5.41) is 9.42. The van der Waals surface area contributed by atoms with E-state index >= 15 is 0 Å². The first-order chi connectivity index (χ1) is 13.8. The fourth-order valence-corrected chi connectivity index (χ4v) is 3.88. The number of hydrogen-bond donors (Lipinski definition) is 3. The number of nitrogens with zero attached hydrogens (tertiary/aromatic N) is 4. The lowest BCUT2D eigenvalue weighted by molar-refractivity contribution is -0.120. The fourth-order valence-electron chi connectivity index (χ4n) is 3.88. The number of benzene rings is 1. The van der Waals surface area contributed by atoms with Crippen LogP contribution in [-0.2, 0) is 4.79 Å². The molecule has 0 saturated carbocycles. The van der Waals surface area contributed by atoms with Crippen LogP contribution in [-0.4, -0.2) is 46.5 Å². The largest absolute Gasteiger partial charge is 0.376 e. The Bertz CT molecular complexity index is 1150. The van der Waals surface area contributed by atoms with Crippen molar-refractivity contribution in [1.82, 2.24) is 20.3 Å². The standard InChI is InChI=1S/C20H21N7O/c28-18(10-23-17-5-1-4-16-15(17)9-22-16)26-13-3-2-8-27(11-13)20-14-6-7-21-19(14)24-12-25-20/h1,4-7,9,12-13,23H,2-3,8,10-11H2,(H,26,28)(H,21,24,25). The summed E-state index contributed by atoms with van der Waals surface area (Å²) in [6.45, 7) is 1.92. The molecular formula is C20H21N7O. The number of fused-ring (bicyclic) bond motifs is 2. The van der Waals surface area contributed by atoms with Gasteiger partial charge in [0.25, 0.3) is 0 Å². The summed E-state index contributed by atoms with van der Waals surface area (Å²) in [6, 6.07) is 7.98. The summed E-state index contributed by atoms with van der Waals surface area (Å²) in [4.78, 5) is 30.7. The van der Waals surface area contributed by atoms with Crippen molar-refractivity contribution in [2.24, 2.45) is 4.99 Å². The molecular weight excluding hydrogens is 354 g/mol. The zero-order chi connectivity index (χ0) is 18.9. The van der Waals surface area contributed by atoms with E-state index in [9.17, 15) is 4.79 Å². The number of H-pyrrole nitrogens is 1. The van der Waals surface area contributed by atoms with E-state index in [1.54, 1.807) is 6.33 Å². The quantitative estimate of drug-likeness (QED) is 0.604. The molecule has 1 saturated heterocycles. The Hall–Kier alpha value is -3.42. The highest BCUT2D eigenvalue weighted by Crippen LogP contribution is 2.24. The van der Waals surface area contributed by atoms with Gasteiger partial charge in [0.2, 0.25) is 5.91 Å². The summed E-state index contributed by atoms with van der Waals surface area (Å²) in [5.41, 5.74) is 1.78. The number of amides is 1. The third kappa shape index (κ3) is 3.06. The number of carbonyl (C=O) groups is 1. The van der Waals surface area contributed by atoms with Crippen molar-refractivity contribution in [3.05, 3.63) is 47.4 Å². The minimum atomic E-state index is -0.00445. The van der Waals surface area contributed by atoms with Gasteiger partial charge >= 0.3 is 0 Å². The van der Waals surface area contributed by atoms with E-state index in [-0.39, 0.29) is 18.5 Å². The van der Waals surface area contributed by atoms with Gasteiger partial charge in [-0.25, -0.2) is 9.97 Å². The van der Waals surface area contributed by atoms with E-state index < -0.39 is 0 Å². The van der Waals surface area contributed by atoms with Crippen molar-refractivity contribution in [1.29, 1.82) is 0 Å². The molecule has 5 rings (SSSR count). The maximum absolute atomic E-state index is 12.5. The van der Waals surface area contributed by atoms with Gasteiger partial charge in [-0.3, -0.25) is 9.79 Å². The highest BCUT2D eigenvalue weighted by molar-refractivity contribution is 5.87. The number of nitrogens with one attached hydrogen (secondary N) is 3. The number of piperidine rings is 1. The van der Waals surface area contributed by atoms with E-state index in [4.69, 9.17) is 0 Å². The Morgan fingerprint density at radius 3 is 3.14 bits per heavy atom. The van der Waals surface area contributed by atoms with E-state index in [2.05, 4.69) is 35.5 Å². The van der Waals surface area contributed by atoms with Crippen LogP contribution in [0.1, 0.15) is 12.8 Å². The Labute approximate surface area is 161 Å². The molecule has 28 heavy (non-hydrogen) atoms. The second kappa shape index (κ2) is 6.95. The van der Waals surface area contributed by atoms with Gasteiger partial charge in [-0.2, -0.15) is 0 Å². The molecule has 142 valence electrons. The average molecular weight is 375 g/mol. The lowest BCUT2D eigenvalue weighted by atomic mass is 10.1. The summed E-state index contributed by atoms with van der Waals surface area (Å²) >= 11 is 0. The van der Waals surface area contributed by atoms with Crippen molar-refractivity contribution in [3.8, 4) is 0 Å². The predicted octanol–water partition coefficient (Wildman–Crippen LogP) is 0.526. The Morgan fingerprint density at radius 1 is 1.29 bits per heavy atom. The van der Waals surface area contributed by atoms with Crippen molar-refractivity contribution >= 4 is 34.6 Å². The SMILES string of the molecule is O=C(CNc1cccc2c1=CN=2)NC1CCCN(c2ncnc3[nH]ccc23)C1. The van der Waals surface area contributed by atoms with Gasteiger partial charge in [0, 0.05) is 42.4 Å². The molecule has 1 atom stereocenters. The molecule has 2 aliphatic rings. The van der Waals surface area contributed by atoms with Gasteiger partial charge in [0.05, 0.1) is 17.3 Å². The fraction of sp³-hybridized carbons (Fsp3) is 0.300. The van der Waals surface area contributed by atoms with Crippen LogP contribution in [0.15, 0.2) is 41.8 Å². The summed E-state index contributed by atoms with van der Waals surface area (Å²) in [5.74, 6) is 0.918. The molecule has 1 unspecified atom stereocenters. The molecule has 1 aromatic carbocycles. The first kappa shape index (κ1) is 16.7. The first-order valence-electron chi connectivity index (χ1n) is 9.51. The maximum Gasteiger partial charge on any atom is 0.239 e. The van der Waals surface area contributed by atoms with E-state index in [0.29, 0.717) is 0 Å². The zero-order valence-electron chi connectivity index (χ0n) is 15.4. The summed E-state index contributed by atoms with van der Waals surface area (Å²) in [6.07, 6.45) is 7.26. The van der Waals surface area contributed by atoms with Crippen molar-refractivity contribution < 1.29 is 4.79 Å². The molecule has 3 aromatic rings. The average Bonchev–Trinajstić information content (AvgIpc) is 3.16. The van der Waals surface area contributed by atoms with Gasteiger partial charge in [0.15, 0.2) is 0 Å². The van der Waals surface area contributed by atoms with Crippen LogP contribution in [0.4, 0.5) is 11.5 Å². The van der Waals surface area contributed by atoms with Crippen molar-refractivity contribution in [2.75, 3.05) is 29.9 Å². The van der Waals surface area contributed by atoms with Crippen LogP contribution in [0.25, 0.3) is 17.2 Å². The highest BCUT2D eigenvalue weighted by atomic mass is 16.2. The summed E-state index contributed by atoms with van der Waals surface area (Å²) < 4.78 is 0. The van der Waals surface area contributed by atoms with Gasteiger partial charge in [-0.15, -0.1) is 0 Å². The molecule has 0 bridgehead atoms. The van der Waals surface area contributed by atoms with Crippen LogP contribution < -0.4 is 26.1 Å². The number of carbonyl (C=O) groups excluding carboxylic acids is 1. The smallest absolute Gasteiger partial charge is 0.239 e. The Kier molecular flexibility index (Phi) is 4.16. The molecule has 8 nitrogen and oxygen atoms in total. The van der Waals surface area contributed by atoms with Crippen LogP contribution in [0.2, 0.25) is 0 Å². The van der Waals surface area contributed by atoms with Crippen LogP contribution in [0.3, 0.4) is 0 Å². The predicted molar refractivity (Wildman–Crippen MR) is 107 cm³/mol. The molecule has 4 heterocycles. The second-order valence-electron chi connectivity index (χ2n) is 7.14. The van der Waals surface area contributed by atoms with Gasteiger partial charge < -0.3 is 20.5 Å². The van der Waals surface area contributed by atoms with Crippen LogP contribution in [0, 0.1) is 0 Å². The maximum atomic E-state index is 12.5. The third-order valence-corrected chi connectivity index (χ3v) is 5.27. The van der Waals surface area contributed by atoms with Crippen molar-refractivity contribution in [2.45, 2.75) is 18.9 Å². The van der Waals surface area contributed by atoms with Crippen LogP contribution >= 0.6 is 0 Å². The van der Waals surface area contributed by atoms with E-state index in [1.807, 2.05) is 36.7 Å². The minimum Gasteiger partial charge on any atom is -0.376 e. The number of rotatable bonds is 5. The first-order valence-corrected chi connectivity index (χ1v) is 9.51. The lowest BCUT2D eigenvalue weighted by Crippen LogP contribution is -2.49. The molecule has 0 spiro atoms. The van der Waals surface area contributed by atoms with E-state index in [0.717, 1.165) is 59.0 Å². The molecule has 2 aromatic heterocycles. The van der Waals surface area contributed by atoms with Gasteiger partial charge in [-0.05, 0) is 31.0 Å². The molecule has 0 aliphatic carbocycles. The zero-order valence-corrected chi connectivity index (χ0v) is 15.4.